The molecule has 0 aliphatic carbocycles. The van der Waals surface area contributed by atoms with Gasteiger partial charge in [0, 0.05) is 51.2 Å². The van der Waals surface area contributed by atoms with Gasteiger partial charge in [-0.15, -0.1) is 0 Å². The highest BCUT2D eigenvalue weighted by Crippen LogP contribution is 2.02. The highest BCUT2D eigenvalue weighted by Gasteiger charge is 2.19. The van der Waals surface area contributed by atoms with E-state index in [9.17, 15) is 4.79 Å². The third-order valence-corrected chi connectivity index (χ3v) is 3.24. The summed E-state index contributed by atoms with van der Waals surface area (Å²) >= 11 is 0. The van der Waals surface area contributed by atoms with E-state index in [1.54, 1.807) is 0 Å². The normalized spacial score (nSPS) is 19.3. The Morgan fingerprint density at radius 2 is 1.88 bits per heavy atom. The van der Waals surface area contributed by atoms with E-state index in [1.807, 2.05) is 13.8 Å². The third-order valence-electron chi connectivity index (χ3n) is 3.24. The molecule has 1 aliphatic heterocycles. The van der Waals surface area contributed by atoms with Crippen molar-refractivity contribution in [3.05, 3.63) is 0 Å². The molecule has 17 heavy (non-hydrogen) atoms. The summed E-state index contributed by atoms with van der Waals surface area (Å²) in [5.74, 6) is 0.0966. The van der Waals surface area contributed by atoms with Gasteiger partial charge in [-0.2, -0.15) is 0 Å². The van der Waals surface area contributed by atoms with Crippen LogP contribution >= 0.6 is 0 Å². The van der Waals surface area contributed by atoms with Gasteiger partial charge in [-0.05, 0) is 20.9 Å². The summed E-state index contributed by atoms with van der Waals surface area (Å²) in [6, 6.07) is 0. The number of carbonyl (C=O) groups excluding carboxylic acids is 1. The molecule has 0 atom stereocenters. The second-order valence-electron chi connectivity index (χ2n) is 5.53. The number of nitrogens with zero attached hydrogens (tertiary/aromatic N) is 2. The minimum absolute atomic E-state index is 0.0966. The largest absolute Gasteiger partial charge is 0.350 e. The first-order valence-electron chi connectivity index (χ1n) is 6.35. The standard InChI is InChI=1S/C12H26N4O/c1-12(2,10-13)14-11(17)4-5-16-8-6-15(3)7-9-16/h4-10,13H2,1-3H3,(H,14,17). The smallest absolute Gasteiger partial charge is 0.221 e. The molecule has 0 aromatic carbocycles. The molecular formula is C12H26N4O. The van der Waals surface area contributed by atoms with E-state index in [-0.39, 0.29) is 11.4 Å². The van der Waals surface area contributed by atoms with Crippen LogP contribution in [0.4, 0.5) is 0 Å². The second kappa shape index (κ2) is 6.33. The molecule has 1 heterocycles. The highest BCUT2D eigenvalue weighted by atomic mass is 16.1. The van der Waals surface area contributed by atoms with Crippen molar-refractivity contribution in [3.8, 4) is 0 Å². The minimum Gasteiger partial charge on any atom is -0.350 e. The summed E-state index contributed by atoms with van der Waals surface area (Å²) in [4.78, 5) is 16.4. The first-order chi connectivity index (χ1) is 7.93. The summed E-state index contributed by atoms with van der Waals surface area (Å²) in [6.45, 7) is 9.51. The van der Waals surface area contributed by atoms with Crippen LogP contribution in [0.3, 0.4) is 0 Å². The van der Waals surface area contributed by atoms with Gasteiger partial charge >= 0.3 is 0 Å². The monoisotopic (exact) mass is 242 g/mol. The number of amides is 1. The lowest BCUT2D eigenvalue weighted by atomic mass is 10.1. The lowest BCUT2D eigenvalue weighted by Crippen LogP contribution is -2.50. The predicted octanol–water partition coefficient (Wildman–Crippen LogP) is -0.523. The summed E-state index contributed by atoms with van der Waals surface area (Å²) in [7, 11) is 2.13. The zero-order valence-corrected chi connectivity index (χ0v) is 11.3. The molecule has 1 fully saturated rings. The van der Waals surface area contributed by atoms with Gasteiger partial charge in [0.05, 0.1) is 0 Å². The van der Waals surface area contributed by atoms with E-state index in [2.05, 4.69) is 22.2 Å². The lowest BCUT2D eigenvalue weighted by molar-refractivity contribution is -0.123. The van der Waals surface area contributed by atoms with E-state index >= 15 is 0 Å². The zero-order chi connectivity index (χ0) is 12.9. The Morgan fingerprint density at radius 1 is 1.29 bits per heavy atom. The molecule has 1 rings (SSSR count). The predicted molar refractivity (Wildman–Crippen MR) is 69.8 cm³/mol. The van der Waals surface area contributed by atoms with Crippen molar-refractivity contribution < 1.29 is 4.79 Å². The molecule has 0 radical (unpaired) electrons. The Hall–Kier alpha value is -0.650. The van der Waals surface area contributed by atoms with Crippen molar-refractivity contribution in [2.45, 2.75) is 25.8 Å². The van der Waals surface area contributed by atoms with Crippen LogP contribution in [-0.2, 0) is 4.79 Å². The molecule has 1 saturated heterocycles. The second-order valence-corrected chi connectivity index (χ2v) is 5.53. The SMILES string of the molecule is CN1CCN(CCC(=O)NC(C)(C)CN)CC1. The molecule has 0 bridgehead atoms. The van der Waals surface area contributed by atoms with E-state index in [0.29, 0.717) is 13.0 Å². The van der Waals surface area contributed by atoms with Crippen LogP contribution in [0.15, 0.2) is 0 Å². The molecule has 0 unspecified atom stereocenters. The number of nitrogens with one attached hydrogen (secondary N) is 1. The Bertz CT molecular complexity index is 247. The maximum atomic E-state index is 11.7. The quantitative estimate of drug-likeness (QED) is 0.681. The number of likely N-dealkylation sites (N-methyl/N-ethyl adjacent to an activating group) is 1. The molecule has 5 heteroatoms. The van der Waals surface area contributed by atoms with Crippen LogP contribution in [0.25, 0.3) is 0 Å². The van der Waals surface area contributed by atoms with Gasteiger partial charge in [-0.1, -0.05) is 0 Å². The Morgan fingerprint density at radius 3 is 2.41 bits per heavy atom. The molecule has 100 valence electrons. The summed E-state index contributed by atoms with van der Waals surface area (Å²) < 4.78 is 0. The number of piperazine rings is 1. The van der Waals surface area contributed by atoms with Crippen LogP contribution in [0.1, 0.15) is 20.3 Å². The van der Waals surface area contributed by atoms with E-state index in [4.69, 9.17) is 5.73 Å². The van der Waals surface area contributed by atoms with Crippen LogP contribution in [-0.4, -0.2) is 67.6 Å². The first-order valence-corrected chi connectivity index (χ1v) is 6.35. The molecule has 0 aromatic heterocycles. The maximum Gasteiger partial charge on any atom is 0.221 e. The van der Waals surface area contributed by atoms with Gasteiger partial charge in [0.25, 0.3) is 0 Å². The van der Waals surface area contributed by atoms with Crippen molar-refractivity contribution >= 4 is 5.91 Å². The van der Waals surface area contributed by atoms with Crippen molar-refractivity contribution in [3.63, 3.8) is 0 Å². The summed E-state index contributed by atoms with van der Waals surface area (Å²) in [5.41, 5.74) is 5.29. The third kappa shape index (κ3) is 5.48. The van der Waals surface area contributed by atoms with Crippen molar-refractivity contribution in [1.82, 2.24) is 15.1 Å². The molecule has 1 aliphatic rings. The van der Waals surface area contributed by atoms with Gasteiger partial charge in [-0.25, -0.2) is 0 Å². The first kappa shape index (κ1) is 14.4. The van der Waals surface area contributed by atoms with E-state index < -0.39 is 0 Å². The maximum absolute atomic E-state index is 11.7. The van der Waals surface area contributed by atoms with Crippen LogP contribution in [0.5, 0.6) is 0 Å². The Labute approximate surface area is 104 Å². The van der Waals surface area contributed by atoms with Crippen LogP contribution in [0.2, 0.25) is 0 Å². The fourth-order valence-corrected chi connectivity index (χ4v) is 1.82. The molecular weight excluding hydrogens is 216 g/mol. The van der Waals surface area contributed by atoms with Crippen molar-refractivity contribution in [2.24, 2.45) is 5.73 Å². The number of rotatable bonds is 5. The molecule has 0 spiro atoms. The fraction of sp³-hybridized carbons (Fsp3) is 0.917. The topological polar surface area (TPSA) is 61.6 Å². The van der Waals surface area contributed by atoms with Gasteiger partial charge in [-0.3, -0.25) is 4.79 Å². The molecule has 3 N–H and O–H groups in total. The van der Waals surface area contributed by atoms with Crippen molar-refractivity contribution in [2.75, 3.05) is 46.3 Å². The van der Waals surface area contributed by atoms with Gasteiger partial charge in [0.2, 0.25) is 5.91 Å². The number of carbonyl (C=O) groups is 1. The summed E-state index contributed by atoms with van der Waals surface area (Å²) in [5, 5.41) is 2.95. The summed E-state index contributed by atoms with van der Waals surface area (Å²) in [6.07, 6.45) is 0.563. The van der Waals surface area contributed by atoms with Crippen molar-refractivity contribution in [1.29, 1.82) is 0 Å². The van der Waals surface area contributed by atoms with Crippen LogP contribution in [0, 0.1) is 0 Å². The highest BCUT2D eigenvalue weighted by molar-refractivity contribution is 5.76. The van der Waals surface area contributed by atoms with Crippen LogP contribution < -0.4 is 11.1 Å². The number of hydrogen-bond donors (Lipinski definition) is 2. The van der Waals surface area contributed by atoms with Gasteiger partial charge < -0.3 is 20.9 Å². The molecule has 1 amide bonds. The Kier molecular flexibility index (Phi) is 5.36. The molecule has 0 saturated carbocycles. The van der Waals surface area contributed by atoms with Gasteiger partial charge in [0.1, 0.15) is 0 Å². The zero-order valence-electron chi connectivity index (χ0n) is 11.3. The number of nitrogens with two attached hydrogens (primary N) is 1. The lowest BCUT2D eigenvalue weighted by Gasteiger charge is -2.32. The average Bonchev–Trinajstić information content (AvgIpc) is 2.28. The Balaban J connectivity index is 2.20. The van der Waals surface area contributed by atoms with E-state index in [0.717, 1.165) is 32.7 Å². The van der Waals surface area contributed by atoms with E-state index in [1.165, 1.54) is 0 Å². The number of hydrogen-bond acceptors (Lipinski definition) is 4. The molecule has 0 aromatic rings. The molecule has 5 nitrogen and oxygen atoms in total. The van der Waals surface area contributed by atoms with Gasteiger partial charge in [0.15, 0.2) is 0 Å². The average molecular weight is 242 g/mol. The minimum atomic E-state index is -0.292. The fourth-order valence-electron chi connectivity index (χ4n) is 1.82.